The zero-order valence-electron chi connectivity index (χ0n) is 7.31. The van der Waals surface area contributed by atoms with E-state index in [-0.39, 0.29) is 6.10 Å². The lowest BCUT2D eigenvalue weighted by molar-refractivity contribution is 0.0429. The van der Waals surface area contributed by atoms with Gasteiger partial charge in [0.1, 0.15) is 0 Å². The minimum Gasteiger partial charge on any atom is -0.393 e. The molecular formula is C8H13N3OS. The van der Waals surface area contributed by atoms with E-state index in [0.717, 1.165) is 31.6 Å². The predicted molar refractivity (Wildman–Crippen MR) is 50.3 cm³/mol. The van der Waals surface area contributed by atoms with Crippen LogP contribution in [-0.4, -0.2) is 27.3 Å². The molecule has 5 heteroatoms. The maximum absolute atomic E-state index is 9.05. The first-order valence-electron chi connectivity index (χ1n) is 4.49. The third-order valence-electron chi connectivity index (χ3n) is 2.36. The Kier molecular flexibility index (Phi) is 2.87. The Bertz CT molecular complexity index is 246. The number of aromatic nitrogens is 2. The van der Waals surface area contributed by atoms with Crippen LogP contribution in [0.5, 0.6) is 0 Å². The van der Waals surface area contributed by atoms with Gasteiger partial charge in [0.15, 0.2) is 0 Å². The highest BCUT2D eigenvalue weighted by Gasteiger charge is 2.26. The Morgan fingerprint density at radius 3 is 3.08 bits per heavy atom. The molecule has 0 radical (unpaired) electrons. The number of aliphatic hydroxyl groups excluding tert-OH is 1. The second-order valence-corrected chi connectivity index (χ2v) is 4.13. The highest BCUT2D eigenvalue weighted by Crippen LogP contribution is 2.26. The van der Waals surface area contributed by atoms with Crippen molar-refractivity contribution in [2.24, 2.45) is 5.92 Å². The van der Waals surface area contributed by atoms with Crippen molar-refractivity contribution in [1.82, 2.24) is 14.9 Å². The number of hydrogen-bond donors (Lipinski definition) is 2. The van der Waals surface area contributed by atoms with Gasteiger partial charge in [-0.05, 0) is 36.8 Å². The van der Waals surface area contributed by atoms with Gasteiger partial charge in [-0.15, -0.1) is 5.10 Å². The highest BCUT2D eigenvalue weighted by atomic mass is 32.1. The zero-order valence-corrected chi connectivity index (χ0v) is 8.13. The average molecular weight is 199 g/mol. The molecule has 2 N–H and O–H groups in total. The van der Waals surface area contributed by atoms with Crippen molar-refractivity contribution >= 4 is 11.5 Å². The van der Waals surface area contributed by atoms with E-state index in [1.165, 1.54) is 11.5 Å². The molecule has 0 aliphatic heterocycles. The van der Waals surface area contributed by atoms with Crippen LogP contribution >= 0.6 is 11.5 Å². The van der Waals surface area contributed by atoms with Crippen LogP contribution in [0.4, 0.5) is 0 Å². The standard InChI is InChI=1S/C8H13N3OS/c12-8-1-6(2-8)3-9-4-7-5-13-11-10-7/h5-6,8-9,12H,1-4H2. The van der Waals surface area contributed by atoms with Crippen molar-refractivity contribution in [2.75, 3.05) is 6.54 Å². The first-order chi connectivity index (χ1) is 6.34. The molecule has 1 fully saturated rings. The summed E-state index contributed by atoms with van der Waals surface area (Å²) in [7, 11) is 0. The highest BCUT2D eigenvalue weighted by molar-refractivity contribution is 7.03. The summed E-state index contributed by atoms with van der Waals surface area (Å²) in [5.41, 5.74) is 1.00. The molecule has 1 aliphatic rings. The van der Waals surface area contributed by atoms with Gasteiger partial charge >= 0.3 is 0 Å². The van der Waals surface area contributed by atoms with Crippen molar-refractivity contribution in [3.63, 3.8) is 0 Å². The van der Waals surface area contributed by atoms with Crippen LogP contribution in [0.2, 0.25) is 0 Å². The van der Waals surface area contributed by atoms with Crippen molar-refractivity contribution in [3.8, 4) is 0 Å². The van der Waals surface area contributed by atoms with Crippen molar-refractivity contribution in [3.05, 3.63) is 11.1 Å². The first-order valence-corrected chi connectivity index (χ1v) is 5.33. The summed E-state index contributed by atoms with van der Waals surface area (Å²) in [6, 6.07) is 0. The van der Waals surface area contributed by atoms with E-state index in [1.807, 2.05) is 5.38 Å². The fraction of sp³-hybridized carbons (Fsp3) is 0.750. The Hall–Kier alpha value is -0.520. The van der Waals surface area contributed by atoms with Gasteiger partial charge in [0.2, 0.25) is 0 Å². The van der Waals surface area contributed by atoms with Crippen LogP contribution < -0.4 is 5.32 Å². The third kappa shape index (κ3) is 2.46. The number of hydrogen-bond acceptors (Lipinski definition) is 5. The maximum atomic E-state index is 9.05. The molecule has 2 rings (SSSR count). The normalized spacial score (nSPS) is 27.2. The monoisotopic (exact) mass is 199 g/mol. The van der Waals surface area contributed by atoms with Gasteiger partial charge in [-0.3, -0.25) is 0 Å². The average Bonchev–Trinajstić information content (AvgIpc) is 2.53. The summed E-state index contributed by atoms with van der Waals surface area (Å²) >= 11 is 1.38. The molecule has 13 heavy (non-hydrogen) atoms. The van der Waals surface area contributed by atoms with Gasteiger partial charge in [-0.2, -0.15) is 0 Å². The minimum atomic E-state index is -0.0484. The molecule has 72 valence electrons. The van der Waals surface area contributed by atoms with Crippen LogP contribution in [-0.2, 0) is 6.54 Å². The van der Waals surface area contributed by atoms with E-state index in [4.69, 9.17) is 5.11 Å². The third-order valence-corrected chi connectivity index (χ3v) is 2.91. The molecule has 1 aliphatic carbocycles. The quantitative estimate of drug-likeness (QED) is 0.737. The van der Waals surface area contributed by atoms with E-state index in [0.29, 0.717) is 5.92 Å². The molecule has 0 spiro atoms. The topological polar surface area (TPSA) is 58.0 Å². The molecule has 1 aromatic rings. The number of nitrogens with zero attached hydrogens (tertiary/aromatic N) is 2. The van der Waals surface area contributed by atoms with Gasteiger partial charge in [-0.1, -0.05) is 4.49 Å². The smallest absolute Gasteiger partial charge is 0.0893 e. The molecule has 0 unspecified atom stereocenters. The lowest BCUT2D eigenvalue weighted by Crippen LogP contribution is -2.35. The van der Waals surface area contributed by atoms with Crippen molar-refractivity contribution < 1.29 is 5.11 Å². The van der Waals surface area contributed by atoms with Gasteiger partial charge in [0.05, 0.1) is 11.8 Å². The van der Waals surface area contributed by atoms with E-state index in [9.17, 15) is 0 Å². The Morgan fingerprint density at radius 1 is 1.62 bits per heavy atom. The zero-order chi connectivity index (χ0) is 9.10. The molecular weight excluding hydrogens is 186 g/mol. The number of aliphatic hydroxyl groups is 1. The fourth-order valence-electron chi connectivity index (χ4n) is 1.53. The molecule has 0 saturated heterocycles. The summed E-state index contributed by atoms with van der Waals surface area (Å²) in [4.78, 5) is 0. The maximum Gasteiger partial charge on any atom is 0.0893 e. The van der Waals surface area contributed by atoms with Gasteiger partial charge in [-0.25, -0.2) is 0 Å². The Labute approximate surface area is 81.1 Å². The summed E-state index contributed by atoms with van der Waals surface area (Å²) in [6.45, 7) is 1.78. The number of nitrogens with one attached hydrogen (secondary N) is 1. The van der Waals surface area contributed by atoms with Crippen LogP contribution in [0.15, 0.2) is 5.38 Å². The molecule has 0 atom stereocenters. The van der Waals surface area contributed by atoms with Crippen LogP contribution in [0, 0.1) is 5.92 Å². The van der Waals surface area contributed by atoms with E-state index in [2.05, 4.69) is 14.9 Å². The lowest BCUT2D eigenvalue weighted by Gasteiger charge is -2.31. The van der Waals surface area contributed by atoms with E-state index in [1.54, 1.807) is 0 Å². The molecule has 1 heterocycles. The van der Waals surface area contributed by atoms with Crippen molar-refractivity contribution in [2.45, 2.75) is 25.5 Å². The van der Waals surface area contributed by atoms with Crippen molar-refractivity contribution in [1.29, 1.82) is 0 Å². The Morgan fingerprint density at radius 2 is 2.46 bits per heavy atom. The fourth-order valence-corrected chi connectivity index (χ4v) is 1.98. The minimum absolute atomic E-state index is 0.0484. The van der Waals surface area contributed by atoms with Gasteiger partial charge < -0.3 is 10.4 Å². The largest absolute Gasteiger partial charge is 0.393 e. The summed E-state index contributed by atoms with van der Waals surface area (Å²) in [5, 5.41) is 18.2. The molecule has 1 saturated carbocycles. The molecule has 0 amide bonds. The van der Waals surface area contributed by atoms with Gasteiger partial charge in [0.25, 0.3) is 0 Å². The summed E-state index contributed by atoms with van der Waals surface area (Å²) < 4.78 is 3.78. The van der Waals surface area contributed by atoms with Crippen LogP contribution in [0.1, 0.15) is 18.5 Å². The molecule has 4 nitrogen and oxygen atoms in total. The van der Waals surface area contributed by atoms with Crippen LogP contribution in [0.25, 0.3) is 0 Å². The van der Waals surface area contributed by atoms with E-state index < -0.39 is 0 Å². The van der Waals surface area contributed by atoms with Crippen LogP contribution in [0.3, 0.4) is 0 Å². The molecule has 1 aromatic heterocycles. The van der Waals surface area contributed by atoms with Gasteiger partial charge in [0, 0.05) is 11.9 Å². The first kappa shape index (κ1) is 9.05. The summed E-state index contributed by atoms with van der Waals surface area (Å²) in [5.74, 6) is 0.654. The number of rotatable bonds is 4. The van der Waals surface area contributed by atoms with E-state index >= 15 is 0 Å². The molecule has 0 aromatic carbocycles. The second-order valence-electron chi connectivity index (χ2n) is 3.52. The summed E-state index contributed by atoms with van der Waals surface area (Å²) in [6.07, 6.45) is 1.85. The second kappa shape index (κ2) is 4.13. The molecule has 0 bridgehead atoms. The lowest BCUT2D eigenvalue weighted by atomic mass is 9.82. The Balaban J connectivity index is 1.59. The predicted octanol–water partition coefficient (Wildman–Crippen LogP) is 0.399. The SMILES string of the molecule is OC1CC(CNCc2csnn2)C1.